The fourth-order valence-corrected chi connectivity index (χ4v) is 6.42. The van der Waals surface area contributed by atoms with Crippen molar-refractivity contribution in [3.05, 3.63) is 69.3 Å². The molecule has 13 heteroatoms. The Kier molecular flexibility index (Phi) is 11.1. The van der Waals surface area contributed by atoms with Crippen molar-refractivity contribution < 1.29 is 39.6 Å². The van der Waals surface area contributed by atoms with Gasteiger partial charge in [-0.2, -0.15) is 0 Å². The zero-order valence-electron chi connectivity index (χ0n) is 27.7. The Hall–Kier alpha value is -5.23. The number of nitrogens with one attached hydrogen (secondary N) is 2. The topological polar surface area (TPSA) is 207 Å². The van der Waals surface area contributed by atoms with Crippen molar-refractivity contribution in [1.29, 1.82) is 0 Å². The molecular weight excluding hydrogens is 652 g/mol. The van der Waals surface area contributed by atoms with Crippen molar-refractivity contribution in [2.45, 2.75) is 79.1 Å². The van der Waals surface area contributed by atoms with Gasteiger partial charge in [0.2, 0.25) is 0 Å². The molecular formula is C36H39ClN4O8. The first-order valence-corrected chi connectivity index (χ1v) is 15.7. The third-order valence-corrected chi connectivity index (χ3v) is 9.16. The number of hydrogen-bond acceptors (Lipinski definition) is 6. The molecule has 12 nitrogen and oxygen atoms in total. The van der Waals surface area contributed by atoms with Crippen molar-refractivity contribution >= 4 is 80.6 Å². The summed E-state index contributed by atoms with van der Waals surface area (Å²) in [6.45, 7) is 7.55. The van der Waals surface area contributed by atoms with Crippen molar-refractivity contribution in [2.24, 2.45) is 0 Å². The quantitative estimate of drug-likeness (QED) is 0.115. The number of carbonyl (C=O) groups is 4. The predicted octanol–water partition coefficient (Wildman–Crippen LogP) is 6.98. The van der Waals surface area contributed by atoms with E-state index in [9.17, 15) is 39.6 Å². The Morgan fingerprint density at radius 3 is 1.31 bits per heavy atom. The monoisotopic (exact) mass is 690 g/mol. The lowest BCUT2D eigenvalue weighted by molar-refractivity contribution is -0.138. The van der Waals surface area contributed by atoms with Gasteiger partial charge in [-0.3, -0.25) is 19.2 Å². The number of hydrogen-bond donors (Lipinski definition) is 6. The number of aromatic nitrogens is 4. The van der Waals surface area contributed by atoms with Crippen LogP contribution in [0.2, 0.25) is 0 Å². The molecule has 0 unspecified atom stereocenters. The number of H-pyrrole nitrogens is 2. The van der Waals surface area contributed by atoms with E-state index in [1.54, 1.807) is 6.07 Å². The van der Waals surface area contributed by atoms with Gasteiger partial charge >= 0.3 is 23.9 Å². The van der Waals surface area contributed by atoms with Crippen LogP contribution in [0.4, 0.5) is 0 Å². The van der Waals surface area contributed by atoms with Crippen LogP contribution in [0.15, 0.2) is 24.3 Å². The highest BCUT2D eigenvalue weighted by Gasteiger charge is 2.23. The SMILES string of the molecule is CC1=C(CCC(=O)O)c2cc3nc(cc4[nH]c(cc5[nH]c(cc1n2)c(CCC(=O)O)c5C)c(CCC(=O)O)c4C)C(CCC(=O)O)=C3C.Cl. The van der Waals surface area contributed by atoms with Gasteiger partial charge in [-0.15, -0.1) is 12.4 Å². The third kappa shape index (κ3) is 7.92. The minimum absolute atomic E-state index is 0. The number of aryl methyl sites for hydroxylation is 4. The highest BCUT2D eigenvalue weighted by molar-refractivity contribution is 5.96. The summed E-state index contributed by atoms with van der Waals surface area (Å²) in [4.78, 5) is 63.1. The first kappa shape index (κ1) is 36.6. The third-order valence-electron chi connectivity index (χ3n) is 9.16. The second-order valence-corrected chi connectivity index (χ2v) is 12.2. The Bertz CT molecular complexity index is 2100. The fourth-order valence-electron chi connectivity index (χ4n) is 6.42. The predicted molar refractivity (Wildman–Crippen MR) is 188 cm³/mol. The highest BCUT2D eigenvalue weighted by atomic mass is 35.5. The van der Waals surface area contributed by atoms with Crippen LogP contribution in [0, 0.1) is 13.8 Å². The molecule has 0 aliphatic carbocycles. The molecule has 49 heavy (non-hydrogen) atoms. The lowest BCUT2D eigenvalue weighted by atomic mass is 9.98. The molecule has 258 valence electrons. The number of aromatic amines is 2. The smallest absolute Gasteiger partial charge is 0.303 e. The maximum absolute atomic E-state index is 11.6. The van der Waals surface area contributed by atoms with Crippen LogP contribution in [0.3, 0.4) is 0 Å². The summed E-state index contributed by atoms with van der Waals surface area (Å²) in [5.41, 5.74) is 11.4. The van der Waals surface area contributed by atoms with Gasteiger partial charge in [0.15, 0.2) is 0 Å². The van der Waals surface area contributed by atoms with Crippen molar-refractivity contribution in [3.63, 3.8) is 0 Å². The molecule has 8 bridgehead atoms. The van der Waals surface area contributed by atoms with Gasteiger partial charge in [0.05, 0.1) is 22.8 Å². The van der Waals surface area contributed by atoms with Crippen LogP contribution in [0.25, 0.3) is 44.4 Å². The molecule has 0 saturated carbocycles. The van der Waals surface area contributed by atoms with Crippen molar-refractivity contribution in [2.75, 3.05) is 0 Å². The molecule has 0 radical (unpaired) electrons. The van der Waals surface area contributed by atoms with Crippen molar-refractivity contribution in [3.8, 4) is 0 Å². The molecule has 3 aromatic heterocycles. The van der Waals surface area contributed by atoms with Gasteiger partial charge in [-0.1, -0.05) is 0 Å². The first-order chi connectivity index (χ1) is 22.7. The fraction of sp³-hybridized carbons (Fsp3) is 0.333. The maximum Gasteiger partial charge on any atom is 0.303 e. The van der Waals surface area contributed by atoms with E-state index in [1.807, 2.05) is 45.9 Å². The first-order valence-electron chi connectivity index (χ1n) is 15.7. The zero-order chi connectivity index (χ0) is 34.9. The molecule has 3 aromatic rings. The zero-order valence-corrected chi connectivity index (χ0v) is 28.5. The molecule has 5 rings (SSSR count). The van der Waals surface area contributed by atoms with Gasteiger partial charge in [-0.05, 0) is 122 Å². The normalized spacial score (nSPS) is 12.7. The Morgan fingerprint density at radius 2 is 0.857 bits per heavy atom. The Morgan fingerprint density at radius 1 is 0.510 bits per heavy atom. The Balaban J connectivity index is 0.00000541. The number of fused-ring (bicyclic) bond motifs is 8. The summed E-state index contributed by atoms with van der Waals surface area (Å²) in [5.74, 6) is -3.75. The maximum atomic E-state index is 11.6. The molecule has 0 aromatic carbocycles. The second-order valence-electron chi connectivity index (χ2n) is 12.2. The summed E-state index contributed by atoms with van der Waals surface area (Å²) >= 11 is 0. The summed E-state index contributed by atoms with van der Waals surface area (Å²) in [6.07, 6.45) is 0.606. The average molecular weight is 691 g/mol. The van der Waals surface area contributed by atoms with E-state index in [0.717, 1.165) is 44.5 Å². The molecule has 0 saturated heterocycles. The van der Waals surface area contributed by atoms with Crippen LogP contribution in [-0.4, -0.2) is 64.2 Å². The van der Waals surface area contributed by atoms with Gasteiger partial charge in [0.1, 0.15) is 0 Å². The largest absolute Gasteiger partial charge is 0.481 e. The van der Waals surface area contributed by atoms with Crippen LogP contribution in [-0.2, 0) is 32.0 Å². The number of halogens is 1. The van der Waals surface area contributed by atoms with E-state index < -0.39 is 23.9 Å². The molecule has 0 fully saturated rings. The Labute approximate surface area is 288 Å². The van der Waals surface area contributed by atoms with Gasteiger partial charge in [0, 0.05) is 47.8 Å². The summed E-state index contributed by atoms with van der Waals surface area (Å²) in [5, 5.41) is 38.0. The van der Waals surface area contributed by atoms with E-state index in [0.29, 0.717) is 44.8 Å². The van der Waals surface area contributed by atoms with Gasteiger partial charge in [0.25, 0.3) is 0 Å². The summed E-state index contributed by atoms with van der Waals surface area (Å²) in [6, 6.07) is 7.40. The van der Waals surface area contributed by atoms with E-state index >= 15 is 0 Å². The van der Waals surface area contributed by atoms with Gasteiger partial charge in [-0.25, -0.2) is 9.97 Å². The average Bonchev–Trinajstić information content (AvgIpc) is 3.66. The number of carboxylic acids is 4. The van der Waals surface area contributed by atoms with Crippen LogP contribution in [0.5, 0.6) is 0 Å². The van der Waals surface area contributed by atoms with Crippen molar-refractivity contribution in [1.82, 2.24) is 19.9 Å². The molecule has 2 aliphatic rings. The second kappa shape index (κ2) is 14.9. The minimum atomic E-state index is -0.944. The number of aliphatic carboxylic acids is 4. The van der Waals surface area contributed by atoms with E-state index in [-0.39, 0.29) is 63.8 Å². The van der Waals surface area contributed by atoms with E-state index in [1.165, 1.54) is 0 Å². The standard InChI is InChI=1S/C36H38N4O8.ClH/c1-17-21(5-9-33(41)42)29-14-26-19(3)23(7-11-35(45)46)31(39-26)16-28-20(4)24(8-12-36(47)48)32(40-28)15-27-18(2)22(6-10-34(43)44)30(38-27)13-25(17)37-29;/h13-16,37-38H,5-12H2,1-4H3,(H,41,42)(H,43,44)(H,45,46)(H,47,48);1H. The van der Waals surface area contributed by atoms with Crippen LogP contribution in [0.1, 0.15) is 97.4 Å². The molecule has 5 heterocycles. The molecule has 6 N–H and O–H groups in total. The van der Waals surface area contributed by atoms with E-state index in [4.69, 9.17) is 9.97 Å². The van der Waals surface area contributed by atoms with Crippen LogP contribution < -0.4 is 0 Å². The molecule has 2 aliphatic heterocycles. The highest BCUT2D eigenvalue weighted by Crippen LogP contribution is 2.38. The number of allylic oxidation sites excluding steroid dienone is 4. The van der Waals surface area contributed by atoms with Gasteiger partial charge < -0.3 is 30.4 Å². The molecule has 0 amide bonds. The number of carboxylic acid groups (broad SMARTS) is 4. The number of rotatable bonds is 12. The summed E-state index contributed by atoms with van der Waals surface area (Å²) in [7, 11) is 0. The minimum Gasteiger partial charge on any atom is -0.481 e. The lowest BCUT2D eigenvalue weighted by Gasteiger charge is -2.04. The summed E-state index contributed by atoms with van der Waals surface area (Å²) < 4.78 is 0. The van der Waals surface area contributed by atoms with Crippen LogP contribution >= 0.6 is 12.4 Å². The lowest BCUT2D eigenvalue weighted by Crippen LogP contribution is -1.98. The molecule has 0 spiro atoms. The van der Waals surface area contributed by atoms with E-state index in [2.05, 4.69) is 9.97 Å². The number of nitrogens with zero attached hydrogens (tertiary/aromatic N) is 2. The molecule has 0 atom stereocenters.